The average molecular weight is 214 g/mol. The van der Waals surface area contributed by atoms with Crippen molar-refractivity contribution in [2.24, 2.45) is 0 Å². The minimum atomic E-state index is 0.147. The number of unbranched alkanes of at least 4 members (excludes halogenated alkanes) is 5. The maximum atomic E-state index is 10.9. The van der Waals surface area contributed by atoms with E-state index in [9.17, 15) is 4.79 Å². The molecule has 0 bridgehead atoms. The van der Waals surface area contributed by atoms with Crippen LogP contribution in [0.5, 0.6) is 0 Å². The third-order valence-corrected chi connectivity index (χ3v) is 2.73. The third kappa shape index (κ3) is 9.92. The Bertz CT molecular complexity index is 155. The van der Waals surface area contributed by atoms with Crippen molar-refractivity contribution >= 4 is 5.78 Å². The van der Waals surface area contributed by atoms with Gasteiger partial charge in [0.1, 0.15) is 5.78 Å². The molecule has 0 saturated carbocycles. The standard InChI is InChI=1S/C13H26O2/c1-4-5-6-7-8-9-10-13(15-3)11-12(2)14/h13H,4-11H2,1-3H3. The van der Waals surface area contributed by atoms with E-state index in [1.54, 1.807) is 14.0 Å². The van der Waals surface area contributed by atoms with Gasteiger partial charge in [-0.15, -0.1) is 0 Å². The smallest absolute Gasteiger partial charge is 0.132 e. The molecule has 0 heterocycles. The quantitative estimate of drug-likeness (QED) is 0.518. The highest BCUT2D eigenvalue weighted by atomic mass is 16.5. The molecule has 0 aliphatic carbocycles. The SMILES string of the molecule is CCCCCCCCC(CC(C)=O)OC. The molecule has 0 saturated heterocycles. The van der Waals surface area contributed by atoms with Crippen LogP contribution >= 0.6 is 0 Å². The van der Waals surface area contributed by atoms with Crippen molar-refractivity contribution in [2.75, 3.05) is 7.11 Å². The lowest BCUT2D eigenvalue weighted by atomic mass is 10.0. The van der Waals surface area contributed by atoms with Gasteiger partial charge >= 0.3 is 0 Å². The lowest BCUT2D eigenvalue weighted by Gasteiger charge is -2.13. The highest BCUT2D eigenvalue weighted by Crippen LogP contribution is 2.12. The Labute approximate surface area is 94.4 Å². The van der Waals surface area contributed by atoms with E-state index in [0.717, 1.165) is 6.42 Å². The predicted molar refractivity (Wildman–Crippen MR) is 64.1 cm³/mol. The summed E-state index contributed by atoms with van der Waals surface area (Å²) in [7, 11) is 1.70. The van der Waals surface area contributed by atoms with Crippen LogP contribution in [0.3, 0.4) is 0 Å². The number of ketones is 1. The number of hydrogen-bond acceptors (Lipinski definition) is 2. The Balaban J connectivity index is 3.34. The molecule has 2 nitrogen and oxygen atoms in total. The summed E-state index contributed by atoms with van der Waals surface area (Å²) in [5, 5.41) is 0. The summed E-state index contributed by atoms with van der Waals surface area (Å²) in [4.78, 5) is 10.9. The maximum absolute atomic E-state index is 10.9. The first-order valence-corrected chi connectivity index (χ1v) is 6.23. The van der Waals surface area contributed by atoms with Gasteiger partial charge in [0.2, 0.25) is 0 Å². The Morgan fingerprint density at radius 2 is 1.73 bits per heavy atom. The van der Waals surface area contributed by atoms with Crippen LogP contribution in [0.15, 0.2) is 0 Å². The Morgan fingerprint density at radius 1 is 1.13 bits per heavy atom. The van der Waals surface area contributed by atoms with Gasteiger partial charge < -0.3 is 4.74 Å². The van der Waals surface area contributed by atoms with Gasteiger partial charge in [-0.05, 0) is 13.3 Å². The van der Waals surface area contributed by atoms with Gasteiger partial charge in [-0.3, -0.25) is 4.79 Å². The van der Waals surface area contributed by atoms with Crippen LogP contribution in [0, 0.1) is 0 Å². The van der Waals surface area contributed by atoms with Crippen LogP contribution in [-0.4, -0.2) is 19.0 Å². The average Bonchev–Trinajstić information content (AvgIpc) is 2.20. The van der Waals surface area contributed by atoms with Crippen molar-refractivity contribution in [2.45, 2.75) is 71.3 Å². The summed E-state index contributed by atoms with van der Waals surface area (Å²) in [5.41, 5.74) is 0. The van der Waals surface area contributed by atoms with Gasteiger partial charge in [0, 0.05) is 13.5 Å². The van der Waals surface area contributed by atoms with Gasteiger partial charge in [-0.2, -0.15) is 0 Å². The molecule has 0 aromatic carbocycles. The van der Waals surface area contributed by atoms with E-state index in [2.05, 4.69) is 6.92 Å². The van der Waals surface area contributed by atoms with E-state index in [0.29, 0.717) is 6.42 Å². The summed E-state index contributed by atoms with van der Waals surface area (Å²) < 4.78 is 5.27. The largest absolute Gasteiger partial charge is 0.381 e. The van der Waals surface area contributed by atoms with E-state index in [1.165, 1.54) is 38.5 Å². The van der Waals surface area contributed by atoms with E-state index in [4.69, 9.17) is 4.74 Å². The summed E-state index contributed by atoms with van der Waals surface area (Å²) in [6.45, 7) is 3.86. The van der Waals surface area contributed by atoms with Crippen LogP contribution in [-0.2, 0) is 9.53 Å². The molecular formula is C13H26O2. The van der Waals surface area contributed by atoms with Crippen molar-refractivity contribution in [1.82, 2.24) is 0 Å². The molecule has 0 N–H and O–H groups in total. The van der Waals surface area contributed by atoms with Crippen molar-refractivity contribution < 1.29 is 9.53 Å². The number of hydrogen-bond donors (Lipinski definition) is 0. The van der Waals surface area contributed by atoms with Crippen molar-refractivity contribution in [3.63, 3.8) is 0 Å². The fourth-order valence-electron chi connectivity index (χ4n) is 1.78. The fraction of sp³-hybridized carbons (Fsp3) is 0.923. The zero-order chi connectivity index (χ0) is 11.5. The van der Waals surface area contributed by atoms with Crippen LogP contribution in [0.25, 0.3) is 0 Å². The maximum Gasteiger partial charge on any atom is 0.132 e. The highest BCUT2D eigenvalue weighted by molar-refractivity contribution is 5.75. The van der Waals surface area contributed by atoms with E-state index in [1.807, 2.05) is 0 Å². The third-order valence-electron chi connectivity index (χ3n) is 2.73. The first kappa shape index (κ1) is 14.6. The zero-order valence-electron chi connectivity index (χ0n) is 10.6. The summed E-state index contributed by atoms with van der Waals surface area (Å²) in [6.07, 6.45) is 9.53. The highest BCUT2D eigenvalue weighted by Gasteiger charge is 2.09. The molecule has 0 radical (unpaired) electrons. The van der Waals surface area contributed by atoms with E-state index < -0.39 is 0 Å². The second-order valence-corrected chi connectivity index (χ2v) is 4.32. The molecule has 1 atom stereocenters. The molecule has 15 heavy (non-hydrogen) atoms. The summed E-state index contributed by atoms with van der Waals surface area (Å²) in [6, 6.07) is 0. The van der Waals surface area contributed by atoms with Crippen molar-refractivity contribution in [3.8, 4) is 0 Å². The number of ether oxygens (including phenoxy) is 1. The molecule has 1 unspecified atom stereocenters. The molecule has 0 aliphatic rings. The number of carbonyl (C=O) groups is 1. The number of methoxy groups -OCH3 is 1. The Morgan fingerprint density at radius 3 is 2.27 bits per heavy atom. The van der Waals surface area contributed by atoms with Crippen LogP contribution in [0.1, 0.15) is 65.2 Å². The van der Waals surface area contributed by atoms with E-state index in [-0.39, 0.29) is 11.9 Å². The minimum Gasteiger partial charge on any atom is -0.381 e. The monoisotopic (exact) mass is 214 g/mol. The van der Waals surface area contributed by atoms with Gasteiger partial charge in [0.15, 0.2) is 0 Å². The molecule has 90 valence electrons. The Kier molecular flexibility index (Phi) is 9.91. The molecule has 0 fully saturated rings. The zero-order valence-corrected chi connectivity index (χ0v) is 10.6. The number of Topliss-reactive ketones (excluding diaryl/α,β-unsaturated/α-hetero) is 1. The predicted octanol–water partition coefficient (Wildman–Crippen LogP) is 3.73. The van der Waals surface area contributed by atoms with Gasteiger partial charge in [-0.1, -0.05) is 45.4 Å². The second kappa shape index (κ2) is 10.2. The number of rotatable bonds is 10. The topological polar surface area (TPSA) is 26.3 Å². The minimum absolute atomic E-state index is 0.147. The first-order chi connectivity index (χ1) is 7.20. The molecule has 0 spiro atoms. The van der Waals surface area contributed by atoms with Crippen LogP contribution in [0.4, 0.5) is 0 Å². The van der Waals surface area contributed by atoms with Crippen LogP contribution < -0.4 is 0 Å². The first-order valence-electron chi connectivity index (χ1n) is 6.23. The summed E-state index contributed by atoms with van der Waals surface area (Å²) in [5.74, 6) is 0.229. The van der Waals surface area contributed by atoms with Gasteiger partial charge in [0.25, 0.3) is 0 Å². The molecular weight excluding hydrogens is 188 g/mol. The molecule has 0 rings (SSSR count). The lowest BCUT2D eigenvalue weighted by molar-refractivity contribution is -0.119. The second-order valence-electron chi connectivity index (χ2n) is 4.32. The lowest BCUT2D eigenvalue weighted by Crippen LogP contribution is -2.14. The molecule has 0 aromatic rings. The molecule has 0 amide bonds. The Hall–Kier alpha value is -0.370. The van der Waals surface area contributed by atoms with Crippen LogP contribution in [0.2, 0.25) is 0 Å². The van der Waals surface area contributed by atoms with Gasteiger partial charge in [-0.25, -0.2) is 0 Å². The van der Waals surface area contributed by atoms with Crippen molar-refractivity contribution in [1.29, 1.82) is 0 Å². The fourth-order valence-corrected chi connectivity index (χ4v) is 1.78. The number of carbonyl (C=O) groups excluding carboxylic acids is 1. The van der Waals surface area contributed by atoms with Crippen molar-refractivity contribution in [3.05, 3.63) is 0 Å². The van der Waals surface area contributed by atoms with E-state index >= 15 is 0 Å². The van der Waals surface area contributed by atoms with Gasteiger partial charge in [0.05, 0.1) is 6.10 Å². The molecule has 2 heteroatoms. The summed E-state index contributed by atoms with van der Waals surface area (Å²) >= 11 is 0. The normalized spacial score (nSPS) is 12.7. The molecule has 0 aliphatic heterocycles. The molecule has 0 aromatic heterocycles.